The van der Waals surface area contributed by atoms with Gasteiger partial charge in [-0.1, -0.05) is 11.8 Å². The van der Waals surface area contributed by atoms with Gasteiger partial charge in [0.05, 0.1) is 11.6 Å². The molecule has 1 amide bonds. The first-order chi connectivity index (χ1) is 12.6. The molecule has 1 aliphatic rings. The summed E-state index contributed by atoms with van der Waals surface area (Å²) >= 11 is 1.42. The maximum atomic E-state index is 12.6. The van der Waals surface area contributed by atoms with E-state index in [0.29, 0.717) is 28.7 Å². The number of nitrogens with one attached hydrogen (secondary N) is 1. The van der Waals surface area contributed by atoms with Gasteiger partial charge in [0.1, 0.15) is 6.33 Å². The molecule has 1 aromatic carbocycles. The third-order valence-electron chi connectivity index (χ3n) is 4.12. The van der Waals surface area contributed by atoms with E-state index in [0.717, 1.165) is 5.69 Å². The number of carbonyl (C=O) groups is 1. The number of rotatable bonds is 3. The fourth-order valence-electron chi connectivity index (χ4n) is 2.68. The van der Waals surface area contributed by atoms with Crippen molar-refractivity contribution in [2.45, 2.75) is 18.6 Å². The molecule has 3 heterocycles. The fourth-order valence-corrected chi connectivity index (χ4v) is 3.73. The van der Waals surface area contributed by atoms with E-state index in [9.17, 15) is 9.59 Å². The molecule has 10 heteroatoms. The number of aromatic nitrogens is 6. The molecule has 0 radical (unpaired) electrons. The smallest absolute Gasteiger partial charge is 0.257 e. The monoisotopic (exact) mass is 369 g/mol. The lowest BCUT2D eigenvalue weighted by atomic mass is 10.1. The molecule has 0 aliphatic carbocycles. The number of tetrazole rings is 1. The summed E-state index contributed by atoms with van der Waals surface area (Å²) in [5, 5.41) is 14.6. The molecule has 0 spiro atoms. The summed E-state index contributed by atoms with van der Waals surface area (Å²) in [7, 11) is 0. The molecule has 0 saturated carbocycles. The predicted octanol–water partition coefficient (Wildman–Crippen LogP) is 0.888. The van der Waals surface area contributed by atoms with Gasteiger partial charge in [-0.2, -0.15) is 0 Å². The van der Waals surface area contributed by atoms with Crippen LogP contribution in [-0.4, -0.2) is 41.4 Å². The van der Waals surface area contributed by atoms with Gasteiger partial charge < -0.3 is 5.32 Å². The van der Waals surface area contributed by atoms with Gasteiger partial charge in [0.15, 0.2) is 5.16 Å². The van der Waals surface area contributed by atoms with Gasteiger partial charge in [-0.3, -0.25) is 14.2 Å². The van der Waals surface area contributed by atoms with Crippen molar-refractivity contribution in [3.8, 4) is 5.69 Å². The zero-order chi connectivity index (χ0) is 18.1. The molecule has 0 saturated heterocycles. The molecule has 4 rings (SSSR count). The molecular formula is C16H15N7O2S. The summed E-state index contributed by atoms with van der Waals surface area (Å²) in [6, 6.07) is 7.21. The van der Waals surface area contributed by atoms with Crippen LogP contribution in [0.4, 0.5) is 5.69 Å². The van der Waals surface area contributed by atoms with Crippen LogP contribution >= 0.6 is 11.8 Å². The highest BCUT2D eigenvalue weighted by Gasteiger charge is 2.27. The Morgan fingerprint density at radius 2 is 2.12 bits per heavy atom. The molecule has 1 unspecified atom stereocenters. The second-order valence-corrected chi connectivity index (χ2v) is 6.93. The van der Waals surface area contributed by atoms with Crippen molar-refractivity contribution >= 4 is 23.4 Å². The number of hydrogen-bond donors (Lipinski definition) is 1. The van der Waals surface area contributed by atoms with Crippen molar-refractivity contribution in [2.75, 3.05) is 11.1 Å². The van der Waals surface area contributed by atoms with Crippen LogP contribution in [0.15, 0.2) is 46.7 Å². The molecule has 9 nitrogen and oxygen atoms in total. The van der Waals surface area contributed by atoms with Crippen LogP contribution in [-0.2, 0) is 11.3 Å². The van der Waals surface area contributed by atoms with Crippen LogP contribution in [0.2, 0.25) is 0 Å². The lowest BCUT2D eigenvalue weighted by Gasteiger charge is -2.24. The molecular weight excluding hydrogens is 354 g/mol. The van der Waals surface area contributed by atoms with Gasteiger partial charge in [-0.05, 0) is 41.6 Å². The number of amides is 1. The average molecular weight is 369 g/mol. The molecule has 1 N–H and O–H groups in total. The van der Waals surface area contributed by atoms with Gasteiger partial charge in [0.25, 0.3) is 5.56 Å². The largest absolute Gasteiger partial charge is 0.326 e. The van der Waals surface area contributed by atoms with Crippen LogP contribution in [0.3, 0.4) is 0 Å². The summed E-state index contributed by atoms with van der Waals surface area (Å²) in [6.07, 6.45) is 3.08. The van der Waals surface area contributed by atoms with Crippen molar-refractivity contribution in [1.82, 2.24) is 29.8 Å². The Bertz CT molecular complexity index is 998. The van der Waals surface area contributed by atoms with Crippen LogP contribution in [0, 0.1) is 12.8 Å². The standard InChI is InChI=1S/C16H15N7O2S/c1-10-6-17-16-22(15(10)25)7-11(8-26-16)14(24)19-12-2-4-13(5-3-12)23-9-18-20-21-23/h2-6,9,11H,7-8H2,1H3,(H,19,24). The first-order valence-corrected chi connectivity index (χ1v) is 8.94. The zero-order valence-electron chi connectivity index (χ0n) is 13.9. The number of hydrogen-bond acceptors (Lipinski definition) is 7. The number of nitrogens with zero attached hydrogens (tertiary/aromatic N) is 6. The number of aryl methyl sites for hydroxylation is 1. The maximum Gasteiger partial charge on any atom is 0.257 e. The minimum Gasteiger partial charge on any atom is -0.326 e. The van der Waals surface area contributed by atoms with Crippen LogP contribution in [0.1, 0.15) is 5.56 Å². The number of thioether (sulfide) groups is 1. The Morgan fingerprint density at radius 3 is 2.85 bits per heavy atom. The molecule has 0 bridgehead atoms. The fraction of sp³-hybridized carbons (Fsp3) is 0.250. The Labute approximate surface area is 152 Å². The van der Waals surface area contributed by atoms with Crippen molar-refractivity contribution in [2.24, 2.45) is 5.92 Å². The van der Waals surface area contributed by atoms with Gasteiger partial charge in [-0.25, -0.2) is 9.67 Å². The molecule has 3 aromatic rings. The number of anilines is 1. The van der Waals surface area contributed by atoms with Crippen molar-refractivity contribution < 1.29 is 4.79 Å². The highest BCUT2D eigenvalue weighted by molar-refractivity contribution is 7.99. The number of carbonyl (C=O) groups excluding carboxylic acids is 1. The summed E-state index contributed by atoms with van der Waals surface area (Å²) in [6.45, 7) is 2.06. The van der Waals surface area contributed by atoms with E-state index in [1.165, 1.54) is 22.8 Å². The Hall–Kier alpha value is -3.01. The Morgan fingerprint density at radius 1 is 1.31 bits per heavy atom. The molecule has 132 valence electrons. The normalized spacial score (nSPS) is 16.1. The van der Waals surface area contributed by atoms with E-state index in [1.807, 2.05) is 12.1 Å². The third kappa shape index (κ3) is 3.10. The second kappa shape index (κ2) is 6.71. The lowest BCUT2D eigenvalue weighted by molar-refractivity contribution is -0.119. The topological polar surface area (TPSA) is 108 Å². The third-order valence-corrected chi connectivity index (χ3v) is 5.27. The van der Waals surface area contributed by atoms with E-state index in [1.54, 1.807) is 29.8 Å². The zero-order valence-corrected chi connectivity index (χ0v) is 14.7. The lowest BCUT2D eigenvalue weighted by Crippen LogP contribution is -2.37. The first kappa shape index (κ1) is 16.5. The highest BCUT2D eigenvalue weighted by Crippen LogP contribution is 2.26. The predicted molar refractivity (Wildman–Crippen MR) is 95.2 cm³/mol. The second-order valence-electron chi connectivity index (χ2n) is 5.94. The summed E-state index contributed by atoms with van der Waals surface area (Å²) in [4.78, 5) is 29.1. The Balaban J connectivity index is 1.47. The average Bonchev–Trinajstić information content (AvgIpc) is 3.20. The van der Waals surface area contributed by atoms with Crippen LogP contribution < -0.4 is 10.9 Å². The van der Waals surface area contributed by atoms with Gasteiger partial charge in [0, 0.05) is 29.7 Å². The number of benzene rings is 1. The van der Waals surface area contributed by atoms with Gasteiger partial charge in [0.2, 0.25) is 5.91 Å². The van der Waals surface area contributed by atoms with Gasteiger partial charge in [-0.15, -0.1) is 5.10 Å². The molecule has 1 atom stereocenters. The molecule has 2 aromatic heterocycles. The van der Waals surface area contributed by atoms with E-state index >= 15 is 0 Å². The summed E-state index contributed by atoms with van der Waals surface area (Å²) < 4.78 is 3.11. The minimum atomic E-state index is -0.298. The van der Waals surface area contributed by atoms with E-state index in [-0.39, 0.29) is 17.4 Å². The highest BCUT2D eigenvalue weighted by atomic mass is 32.2. The summed E-state index contributed by atoms with van der Waals surface area (Å²) in [5.74, 6) is 0.170. The first-order valence-electron chi connectivity index (χ1n) is 7.95. The Kier molecular flexibility index (Phi) is 4.25. The SMILES string of the molecule is Cc1cnc2n(c1=O)CC(C(=O)Nc1ccc(-n3cnnn3)cc1)CS2. The summed E-state index contributed by atoms with van der Waals surface area (Å²) in [5.41, 5.74) is 1.96. The van der Waals surface area contributed by atoms with Crippen LogP contribution in [0.25, 0.3) is 5.69 Å². The van der Waals surface area contributed by atoms with Crippen molar-refractivity contribution in [3.05, 3.63) is 52.7 Å². The molecule has 0 fully saturated rings. The molecule has 26 heavy (non-hydrogen) atoms. The van der Waals surface area contributed by atoms with E-state index in [4.69, 9.17) is 0 Å². The van der Waals surface area contributed by atoms with Crippen molar-refractivity contribution in [3.63, 3.8) is 0 Å². The van der Waals surface area contributed by atoms with Gasteiger partial charge >= 0.3 is 0 Å². The maximum absolute atomic E-state index is 12.6. The van der Waals surface area contributed by atoms with Crippen LogP contribution in [0.5, 0.6) is 0 Å². The van der Waals surface area contributed by atoms with E-state index < -0.39 is 0 Å². The number of fused-ring (bicyclic) bond motifs is 1. The van der Waals surface area contributed by atoms with Crippen molar-refractivity contribution in [1.29, 1.82) is 0 Å². The molecule has 1 aliphatic heterocycles. The quantitative estimate of drug-likeness (QED) is 0.683. The minimum absolute atomic E-state index is 0.0919. The van der Waals surface area contributed by atoms with E-state index in [2.05, 4.69) is 25.8 Å².